The first kappa shape index (κ1) is 19.7. The summed E-state index contributed by atoms with van der Waals surface area (Å²) in [5, 5.41) is 0. The van der Waals surface area contributed by atoms with Crippen LogP contribution in [0, 0.1) is 5.92 Å². The molecule has 0 radical (unpaired) electrons. The van der Waals surface area contributed by atoms with Crippen molar-refractivity contribution in [3.8, 4) is 5.75 Å². The van der Waals surface area contributed by atoms with E-state index >= 15 is 0 Å². The number of nitrogens with zero attached hydrogens (tertiary/aromatic N) is 2. The quantitative estimate of drug-likeness (QED) is 0.717. The van der Waals surface area contributed by atoms with Gasteiger partial charge in [0.25, 0.3) is 0 Å². The molecule has 0 N–H and O–H groups in total. The van der Waals surface area contributed by atoms with E-state index in [0.29, 0.717) is 19.7 Å². The normalized spacial score (nSPS) is 23.3. The summed E-state index contributed by atoms with van der Waals surface area (Å²) in [6, 6.07) is 8.35. The number of methoxy groups -OCH3 is 1. The molecule has 6 nitrogen and oxygen atoms in total. The summed E-state index contributed by atoms with van der Waals surface area (Å²) >= 11 is 0. The van der Waals surface area contributed by atoms with Gasteiger partial charge in [-0.25, -0.2) is 0 Å². The maximum absolute atomic E-state index is 12.9. The SMILES string of the molecule is CCOC(=O)[C@H]1CCCN(C(=O)CN2CCC[C@H]2c2cccc(OC)c2)C1. The predicted molar refractivity (Wildman–Crippen MR) is 102 cm³/mol. The van der Waals surface area contributed by atoms with Gasteiger partial charge in [-0.05, 0) is 56.8 Å². The minimum Gasteiger partial charge on any atom is -0.497 e. The summed E-state index contributed by atoms with van der Waals surface area (Å²) in [5.74, 6) is 0.596. The molecule has 2 saturated heterocycles. The van der Waals surface area contributed by atoms with E-state index in [1.165, 1.54) is 5.56 Å². The summed E-state index contributed by atoms with van der Waals surface area (Å²) in [5.41, 5.74) is 1.20. The molecule has 0 unspecified atom stereocenters. The van der Waals surface area contributed by atoms with E-state index in [9.17, 15) is 9.59 Å². The summed E-state index contributed by atoms with van der Waals surface area (Å²) in [4.78, 5) is 29.0. The van der Waals surface area contributed by atoms with Gasteiger partial charge in [0.1, 0.15) is 5.75 Å². The number of carbonyl (C=O) groups excluding carboxylic acids is 2. The molecule has 1 amide bonds. The third kappa shape index (κ3) is 4.80. The van der Waals surface area contributed by atoms with Gasteiger partial charge in [0.05, 0.1) is 26.2 Å². The van der Waals surface area contributed by atoms with Crippen molar-refractivity contribution in [1.82, 2.24) is 9.80 Å². The van der Waals surface area contributed by atoms with Crippen LogP contribution in [0.2, 0.25) is 0 Å². The lowest BCUT2D eigenvalue weighted by atomic mass is 9.98. The Morgan fingerprint density at radius 1 is 1.19 bits per heavy atom. The molecule has 0 aliphatic carbocycles. The van der Waals surface area contributed by atoms with Crippen molar-refractivity contribution in [3.63, 3.8) is 0 Å². The Balaban J connectivity index is 1.61. The van der Waals surface area contributed by atoms with Crippen LogP contribution in [0.4, 0.5) is 0 Å². The van der Waals surface area contributed by atoms with Gasteiger partial charge in [0.2, 0.25) is 5.91 Å². The average Bonchev–Trinajstić information content (AvgIpc) is 3.16. The molecule has 2 heterocycles. The highest BCUT2D eigenvalue weighted by Gasteiger charge is 2.33. The fraction of sp³-hybridized carbons (Fsp3) is 0.619. The van der Waals surface area contributed by atoms with Crippen molar-refractivity contribution >= 4 is 11.9 Å². The van der Waals surface area contributed by atoms with Crippen LogP contribution in [-0.4, -0.2) is 61.6 Å². The van der Waals surface area contributed by atoms with Crippen molar-refractivity contribution in [1.29, 1.82) is 0 Å². The first-order chi connectivity index (χ1) is 13.1. The van der Waals surface area contributed by atoms with Gasteiger partial charge in [-0.15, -0.1) is 0 Å². The molecule has 2 fully saturated rings. The molecule has 0 bridgehead atoms. The number of esters is 1. The lowest BCUT2D eigenvalue weighted by molar-refractivity contribution is -0.151. The average molecular weight is 374 g/mol. The second-order valence-corrected chi connectivity index (χ2v) is 7.34. The van der Waals surface area contributed by atoms with E-state index in [-0.39, 0.29) is 23.8 Å². The van der Waals surface area contributed by atoms with Gasteiger partial charge in [-0.2, -0.15) is 0 Å². The van der Waals surface area contributed by atoms with Crippen molar-refractivity contribution in [3.05, 3.63) is 29.8 Å². The Kier molecular flexibility index (Phi) is 6.72. The van der Waals surface area contributed by atoms with Crippen LogP contribution < -0.4 is 4.74 Å². The molecule has 6 heteroatoms. The van der Waals surface area contributed by atoms with Crippen LogP contribution in [0.15, 0.2) is 24.3 Å². The fourth-order valence-electron chi connectivity index (χ4n) is 4.17. The van der Waals surface area contributed by atoms with Crippen LogP contribution in [0.5, 0.6) is 5.75 Å². The number of benzene rings is 1. The molecule has 0 spiro atoms. The summed E-state index contributed by atoms with van der Waals surface area (Å²) in [6.07, 6.45) is 3.79. The van der Waals surface area contributed by atoms with E-state index in [0.717, 1.165) is 44.5 Å². The van der Waals surface area contributed by atoms with E-state index in [1.807, 2.05) is 24.0 Å². The van der Waals surface area contributed by atoms with Gasteiger partial charge in [-0.3, -0.25) is 14.5 Å². The van der Waals surface area contributed by atoms with Gasteiger partial charge < -0.3 is 14.4 Å². The summed E-state index contributed by atoms with van der Waals surface area (Å²) < 4.78 is 10.5. The van der Waals surface area contributed by atoms with Gasteiger partial charge in [0, 0.05) is 19.1 Å². The second kappa shape index (κ2) is 9.22. The van der Waals surface area contributed by atoms with E-state index < -0.39 is 0 Å². The van der Waals surface area contributed by atoms with Crippen LogP contribution in [-0.2, 0) is 14.3 Å². The number of hydrogen-bond donors (Lipinski definition) is 0. The van der Waals surface area contributed by atoms with Gasteiger partial charge in [-0.1, -0.05) is 12.1 Å². The molecule has 148 valence electrons. The van der Waals surface area contributed by atoms with Crippen molar-refractivity contribution < 1.29 is 19.1 Å². The number of amides is 1. The highest BCUT2D eigenvalue weighted by Crippen LogP contribution is 2.33. The summed E-state index contributed by atoms with van der Waals surface area (Å²) in [7, 11) is 1.67. The molecule has 1 aromatic carbocycles. The van der Waals surface area contributed by atoms with E-state index in [4.69, 9.17) is 9.47 Å². The molecule has 0 saturated carbocycles. The largest absolute Gasteiger partial charge is 0.497 e. The topological polar surface area (TPSA) is 59.1 Å². The lowest BCUT2D eigenvalue weighted by Gasteiger charge is -2.33. The Hall–Kier alpha value is -2.08. The molecular formula is C21H30N2O4. The smallest absolute Gasteiger partial charge is 0.310 e. The van der Waals surface area contributed by atoms with E-state index in [1.54, 1.807) is 7.11 Å². The Morgan fingerprint density at radius 3 is 2.78 bits per heavy atom. The number of ether oxygens (including phenoxy) is 2. The molecule has 3 rings (SSSR count). The first-order valence-electron chi connectivity index (χ1n) is 9.94. The zero-order valence-corrected chi connectivity index (χ0v) is 16.4. The molecule has 2 aliphatic rings. The Morgan fingerprint density at radius 2 is 2.00 bits per heavy atom. The number of likely N-dealkylation sites (tertiary alicyclic amines) is 2. The number of rotatable bonds is 6. The zero-order valence-electron chi connectivity index (χ0n) is 16.4. The van der Waals surface area contributed by atoms with E-state index in [2.05, 4.69) is 17.0 Å². The maximum atomic E-state index is 12.9. The molecule has 0 aromatic heterocycles. The highest BCUT2D eigenvalue weighted by molar-refractivity contribution is 5.80. The summed E-state index contributed by atoms with van der Waals surface area (Å²) in [6.45, 7) is 4.73. The minimum absolute atomic E-state index is 0.110. The van der Waals surface area contributed by atoms with Gasteiger partial charge >= 0.3 is 5.97 Å². The van der Waals surface area contributed by atoms with Crippen LogP contribution in [0.1, 0.15) is 44.2 Å². The van der Waals surface area contributed by atoms with Crippen LogP contribution in [0.25, 0.3) is 0 Å². The molecule has 2 atom stereocenters. The molecular weight excluding hydrogens is 344 g/mol. The van der Waals surface area contributed by atoms with Crippen LogP contribution >= 0.6 is 0 Å². The van der Waals surface area contributed by atoms with Crippen molar-refractivity contribution in [2.24, 2.45) is 5.92 Å². The third-order valence-electron chi connectivity index (χ3n) is 5.57. The van der Waals surface area contributed by atoms with Gasteiger partial charge in [0.15, 0.2) is 0 Å². The standard InChI is InChI=1S/C21H30N2O4/c1-3-27-21(25)17-8-5-12-23(14-17)20(24)15-22-11-6-10-19(22)16-7-4-9-18(13-16)26-2/h4,7,9,13,17,19H,3,5-6,8,10-12,14-15H2,1-2H3/t17-,19-/m0/s1. The lowest BCUT2D eigenvalue weighted by Crippen LogP contribution is -2.46. The molecule has 2 aliphatic heterocycles. The number of hydrogen-bond acceptors (Lipinski definition) is 5. The van der Waals surface area contributed by atoms with Crippen molar-refractivity contribution in [2.45, 2.75) is 38.6 Å². The fourth-order valence-corrected chi connectivity index (χ4v) is 4.17. The third-order valence-corrected chi connectivity index (χ3v) is 5.57. The zero-order chi connectivity index (χ0) is 19.2. The Labute approximate surface area is 161 Å². The number of carbonyl (C=O) groups is 2. The van der Waals surface area contributed by atoms with Crippen molar-refractivity contribution in [2.75, 3.05) is 39.9 Å². The maximum Gasteiger partial charge on any atom is 0.310 e. The molecule has 27 heavy (non-hydrogen) atoms. The number of piperidine rings is 1. The minimum atomic E-state index is -0.185. The monoisotopic (exact) mass is 374 g/mol. The second-order valence-electron chi connectivity index (χ2n) is 7.34. The van der Waals surface area contributed by atoms with Crippen LogP contribution in [0.3, 0.4) is 0 Å². The Bertz CT molecular complexity index is 663. The molecule has 1 aromatic rings. The first-order valence-corrected chi connectivity index (χ1v) is 9.94. The highest BCUT2D eigenvalue weighted by atomic mass is 16.5. The predicted octanol–water partition coefficient (Wildman–Crippen LogP) is 2.63.